The average molecular weight is 433 g/mol. The summed E-state index contributed by atoms with van der Waals surface area (Å²) >= 11 is 0. The quantitative estimate of drug-likeness (QED) is 0.550. The highest BCUT2D eigenvalue weighted by atomic mass is 16.6. The highest BCUT2D eigenvalue weighted by molar-refractivity contribution is 5.80. The van der Waals surface area contributed by atoms with Crippen molar-refractivity contribution >= 4 is 18.0 Å². The van der Waals surface area contributed by atoms with E-state index in [1.807, 2.05) is 33.9 Å². The molecule has 31 heavy (non-hydrogen) atoms. The van der Waals surface area contributed by atoms with E-state index in [4.69, 9.17) is 4.74 Å². The lowest BCUT2D eigenvalue weighted by atomic mass is 10.2. The summed E-state index contributed by atoms with van der Waals surface area (Å²) in [6.07, 6.45) is 3.34. The van der Waals surface area contributed by atoms with E-state index in [-0.39, 0.29) is 6.09 Å². The predicted octanol–water partition coefficient (Wildman–Crippen LogP) is 0.727. The molecular weight excluding hydrogens is 396 g/mol. The number of nitrogens with one attached hydrogen (secondary N) is 1. The van der Waals surface area contributed by atoms with Crippen molar-refractivity contribution in [1.82, 2.24) is 30.0 Å². The smallest absolute Gasteiger partial charge is 0.410 e. The van der Waals surface area contributed by atoms with Crippen LogP contribution in [-0.4, -0.2) is 115 Å². The number of piperazine rings is 2. The molecule has 2 aliphatic rings. The first-order valence-corrected chi connectivity index (χ1v) is 11.0. The summed E-state index contributed by atoms with van der Waals surface area (Å²) < 4.78 is 5.47. The van der Waals surface area contributed by atoms with Crippen LogP contribution in [0.25, 0.3) is 0 Å². The lowest BCUT2D eigenvalue weighted by Gasteiger charge is -2.37. The molecule has 2 fully saturated rings. The standard InChI is InChI=1S/C21H36N8O2/c1-21(2,3)31-20(30)29-12-10-26(11-13-29)9-8-25-18(22-4)27-14-16-28(17-15-27)19-23-6-5-7-24-19/h5-7H,8-17H2,1-4H3,(H,22,25). The topological polar surface area (TPSA) is 89.4 Å². The molecule has 1 N–H and O–H groups in total. The van der Waals surface area contributed by atoms with Crippen LogP contribution in [0.1, 0.15) is 20.8 Å². The van der Waals surface area contributed by atoms with Crippen LogP contribution >= 0.6 is 0 Å². The van der Waals surface area contributed by atoms with E-state index in [2.05, 4.69) is 35.0 Å². The molecule has 0 aromatic carbocycles. The van der Waals surface area contributed by atoms with Gasteiger partial charge in [-0.25, -0.2) is 14.8 Å². The number of nitrogens with zero attached hydrogens (tertiary/aromatic N) is 7. The van der Waals surface area contributed by atoms with E-state index in [0.29, 0.717) is 13.1 Å². The van der Waals surface area contributed by atoms with Gasteiger partial charge in [-0.05, 0) is 26.8 Å². The fraction of sp³-hybridized carbons (Fsp3) is 0.714. The van der Waals surface area contributed by atoms with E-state index in [1.165, 1.54) is 0 Å². The molecule has 2 saturated heterocycles. The second-order valence-corrected chi connectivity index (χ2v) is 8.81. The fourth-order valence-corrected chi connectivity index (χ4v) is 3.71. The molecule has 0 radical (unpaired) electrons. The number of amides is 1. The summed E-state index contributed by atoms with van der Waals surface area (Å²) in [7, 11) is 1.83. The zero-order chi connectivity index (χ0) is 22.3. The van der Waals surface area contributed by atoms with Crippen molar-refractivity contribution in [2.75, 3.05) is 77.4 Å². The second-order valence-electron chi connectivity index (χ2n) is 8.81. The monoisotopic (exact) mass is 432 g/mol. The van der Waals surface area contributed by atoms with Crippen LogP contribution in [0.15, 0.2) is 23.5 Å². The number of carbonyl (C=O) groups is 1. The summed E-state index contributed by atoms with van der Waals surface area (Å²) in [6, 6.07) is 1.84. The van der Waals surface area contributed by atoms with Crippen LogP contribution in [0.5, 0.6) is 0 Å². The average Bonchev–Trinajstić information content (AvgIpc) is 2.77. The van der Waals surface area contributed by atoms with E-state index < -0.39 is 5.60 Å². The van der Waals surface area contributed by atoms with Gasteiger partial charge >= 0.3 is 6.09 Å². The van der Waals surface area contributed by atoms with Crippen LogP contribution in [0.2, 0.25) is 0 Å². The highest BCUT2D eigenvalue weighted by Gasteiger charge is 2.26. The van der Waals surface area contributed by atoms with Gasteiger partial charge < -0.3 is 24.8 Å². The van der Waals surface area contributed by atoms with Crippen molar-refractivity contribution in [2.45, 2.75) is 26.4 Å². The van der Waals surface area contributed by atoms with Crippen LogP contribution in [-0.2, 0) is 4.74 Å². The molecule has 3 rings (SSSR count). The Balaban J connectivity index is 1.35. The second kappa shape index (κ2) is 10.6. The Labute approximate surface area is 185 Å². The molecule has 1 aromatic rings. The Morgan fingerprint density at radius 2 is 1.65 bits per heavy atom. The van der Waals surface area contributed by atoms with Gasteiger partial charge in [0.05, 0.1) is 0 Å². The molecule has 0 aliphatic carbocycles. The minimum absolute atomic E-state index is 0.217. The van der Waals surface area contributed by atoms with Gasteiger partial charge in [-0.15, -0.1) is 0 Å². The number of ether oxygens (including phenoxy) is 1. The molecule has 0 spiro atoms. The number of rotatable bonds is 4. The van der Waals surface area contributed by atoms with Crippen LogP contribution < -0.4 is 10.2 Å². The van der Waals surface area contributed by atoms with Gasteiger partial charge in [0.15, 0.2) is 5.96 Å². The summed E-state index contributed by atoms with van der Waals surface area (Å²) in [5.74, 6) is 1.72. The predicted molar refractivity (Wildman–Crippen MR) is 121 cm³/mol. The van der Waals surface area contributed by atoms with Crippen molar-refractivity contribution in [3.05, 3.63) is 18.5 Å². The number of aliphatic imine (C=N–C) groups is 1. The summed E-state index contributed by atoms with van der Waals surface area (Å²) in [4.78, 5) is 34.0. The van der Waals surface area contributed by atoms with Crippen LogP contribution in [0, 0.1) is 0 Å². The zero-order valence-corrected chi connectivity index (χ0v) is 19.3. The van der Waals surface area contributed by atoms with E-state index >= 15 is 0 Å². The number of carbonyl (C=O) groups excluding carboxylic acids is 1. The first kappa shape index (κ1) is 23.1. The van der Waals surface area contributed by atoms with Gasteiger partial charge in [0, 0.05) is 84.9 Å². The van der Waals surface area contributed by atoms with Gasteiger partial charge in [-0.3, -0.25) is 9.89 Å². The van der Waals surface area contributed by atoms with Crippen molar-refractivity contribution in [3.63, 3.8) is 0 Å². The van der Waals surface area contributed by atoms with Gasteiger partial charge in [0.25, 0.3) is 0 Å². The van der Waals surface area contributed by atoms with Crippen LogP contribution in [0.4, 0.5) is 10.7 Å². The molecule has 2 aliphatic heterocycles. The first-order chi connectivity index (χ1) is 14.9. The molecule has 0 unspecified atom stereocenters. The maximum atomic E-state index is 12.2. The molecule has 1 aromatic heterocycles. The zero-order valence-electron chi connectivity index (χ0n) is 19.3. The number of aromatic nitrogens is 2. The lowest BCUT2D eigenvalue weighted by molar-refractivity contribution is 0.0147. The van der Waals surface area contributed by atoms with Gasteiger partial charge in [-0.2, -0.15) is 0 Å². The van der Waals surface area contributed by atoms with Gasteiger partial charge in [0.1, 0.15) is 5.60 Å². The molecular formula is C21H36N8O2. The maximum absolute atomic E-state index is 12.2. The third-order valence-electron chi connectivity index (χ3n) is 5.36. The fourth-order valence-electron chi connectivity index (χ4n) is 3.71. The molecule has 0 saturated carbocycles. The Hall–Kier alpha value is -2.62. The molecule has 10 heteroatoms. The Morgan fingerprint density at radius 3 is 2.23 bits per heavy atom. The summed E-state index contributed by atoms with van der Waals surface area (Å²) in [5, 5.41) is 3.49. The van der Waals surface area contributed by atoms with Crippen molar-refractivity contribution in [2.24, 2.45) is 4.99 Å². The third kappa shape index (κ3) is 6.95. The van der Waals surface area contributed by atoms with Crippen LogP contribution in [0.3, 0.4) is 0 Å². The van der Waals surface area contributed by atoms with Crippen molar-refractivity contribution < 1.29 is 9.53 Å². The maximum Gasteiger partial charge on any atom is 0.410 e. The van der Waals surface area contributed by atoms with Crippen molar-refractivity contribution in [3.8, 4) is 0 Å². The Morgan fingerprint density at radius 1 is 1.03 bits per heavy atom. The Kier molecular flexibility index (Phi) is 7.89. The molecule has 10 nitrogen and oxygen atoms in total. The third-order valence-corrected chi connectivity index (χ3v) is 5.36. The normalized spacial score (nSPS) is 18.8. The highest BCUT2D eigenvalue weighted by Crippen LogP contribution is 2.12. The number of hydrogen-bond donors (Lipinski definition) is 1. The summed E-state index contributed by atoms with van der Waals surface area (Å²) in [5.41, 5.74) is -0.451. The minimum Gasteiger partial charge on any atom is -0.444 e. The van der Waals surface area contributed by atoms with E-state index in [0.717, 1.165) is 64.3 Å². The lowest BCUT2D eigenvalue weighted by Crippen LogP contribution is -2.54. The van der Waals surface area contributed by atoms with Gasteiger partial charge in [0.2, 0.25) is 5.95 Å². The number of hydrogen-bond acceptors (Lipinski definition) is 7. The molecule has 172 valence electrons. The Bertz CT molecular complexity index is 721. The SMILES string of the molecule is CN=C(NCCN1CCN(C(=O)OC(C)(C)C)CC1)N1CCN(c2ncccn2)CC1. The molecule has 3 heterocycles. The number of guanidine groups is 1. The molecule has 1 amide bonds. The van der Waals surface area contributed by atoms with Crippen molar-refractivity contribution in [1.29, 1.82) is 0 Å². The first-order valence-electron chi connectivity index (χ1n) is 11.0. The van der Waals surface area contributed by atoms with E-state index in [9.17, 15) is 4.79 Å². The summed E-state index contributed by atoms with van der Waals surface area (Å²) in [6.45, 7) is 14.1. The molecule has 0 bridgehead atoms. The molecule has 0 atom stereocenters. The largest absolute Gasteiger partial charge is 0.444 e. The minimum atomic E-state index is -0.451. The number of anilines is 1. The van der Waals surface area contributed by atoms with E-state index in [1.54, 1.807) is 17.3 Å². The van der Waals surface area contributed by atoms with Gasteiger partial charge in [-0.1, -0.05) is 0 Å².